The van der Waals surface area contributed by atoms with E-state index in [1.54, 1.807) is 0 Å². The van der Waals surface area contributed by atoms with Gasteiger partial charge in [0.05, 0.1) is 13.2 Å². The van der Waals surface area contributed by atoms with Gasteiger partial charge in [0.15, 0.2) is 0 Å². The number of nitrogens with zero attached hydrogens (tertiary/aromatic N) is 4. The molecule has 1 N–H and O–H groups in total. The number of aromatic nitrogens is 2. The molecule has 0 saturated carbocycles. The molecule has 1 atom stereocenters. The van der Waals surface area contributed by atoms with E-state index in [1.165, 1.54) is 5.56 Å². The second kappa shape index (κ2) is 8.20. The minimum Gasteiger partial charge on any atom is -0.378 e. The summed E-state index contributed by atoms with van der Waals surface area (Å²) in [6.07, 6.45) is 2.95. The van der Waals surface area contributed by atoms with Crippen LogP contribution in [0.5, 0.6) is 0 Å². The van der Waals surface area contributed by atoms with E-state index in [2.05, 4.69) is 32.2 Å². The Morgan fingerprint density at radius 3 is 2.73 bits per heavy atom. The Balaban J connectivity index is 1.32. The third kappa shape index (κ3) is 4.44. The maximum atomic E-state index is 5.96. The fourth-order valence-electron chi connectivity index (χ4n) is 3.50. The first kappa shape index (κ1) is 17.5. The molecule has 0 spiro atoms. The minimum absolute atomic E-state index is 0.412. The number of anilines is 2. The maximum Gasteiger partial charge on any atom is 0.227 e. The smallest absolute Gasteiger partial charge is 0.227 e. The van der Waals surface area contributed by atoms with Crippen molar-refractivity contribution in [3.8, 4) is 0 Å². The summed E-state index contributed by atoms with van der Waals surface area (Å²) in [7, 11) is 0. The normalized spacial score (nSPS) is 21.1. The molecule has 0 radical (unpaired) electrons. The van der Waals surface area contributed by atoms with Crippen molar-refractivity contribution in [2.24, 2.45) is 0 Å². The van der Waals surface area contributed by atoms with Crippen molar-refractivity contribution >= 4 is 23.4 Å². The zero-order valence-electron chi connectivity index (χ0n) is 14.8. The molecule has 1 aromatic heterocycles. The lowest BCUT2D eigenvalue weighted by molar-refractivity contribution is 0.122. The molecule has 6 nitrogen and oxygen atoms in total. The molecule has 0 bridgehead atoms. The molecule has 2 aromatic rings. The van der Waals surface area contributed by atoms with Crippen molar-refractivity contribution in [2.75, 3.05) is 49.6 Å². The Kier molecular flexibility index (Phi) is 5.53. The molecule has 0 aliphatic carbocycles. The van der Waals surface area contributed by atoms with Gasteiger partial charge in [-0.05, 0) is 30.2 Å². The average molecular weight is 374 g/mol. The molecule has 4 rings (SSSR count). The van der Waals surface area contributed by atoms with Crippen molar-refractivity contribution in [3.05, 3.63) is 47.1 Å². The highest BCUT2D eigenvalue weighted by Crippen LogP contribution is 2.19. The Morgan fingerprint density at radius 1 is 1.12 bits per heavy atom. The van der Waals surface area contributed by atoms with E-state index in [0.717, 1.165) is 69.1 Å². The third-order valence-corrected chi connectivity index (χ3v) is 5.13. The van der Waals surface area contributed by atoms with Crippen LogP contribution in [0.1, 0.15) is 12.0 Å². The summed E-state index contributed by atoms with van der Waals surface area (Å²) in [6, 6.07) is 10.5. The van der Waals surface area contributed by atoms with E-state index in [0.29, 0.717) is 6.04 Å². The van der Waals surface area contributed by atoms with Gasteiger partial charge in [-0.3, -0.25) is 4.90 Å². The van der Waals surface area contributed by atoms with E-state index < -0.39 is 0 Å². The predicted octanol–water partition coefficient (Wildman–Crippen LogP) is 2.65. The van der Waals surface area contributed by atoms with Crippen LogP contribution in [0.3, 0.4) is 0 Å². The Morgan fingerprint density at radius 2 is 1.92 bits per heavy atom. The molecule has 2 saturated heterocycles. The molecule has 0 amide bonds. The lowest BCUT2D eigenvalue weighted by atomic mass is 10.2. The number of morpholine rings is 1. The number of ether oxygens (including phenoxy) is 1. The molecule has 3 heterocycles. The van der Waals surface area contributed by atoms with Gasteiger partial charge in [0.25, 0.3) is 0 Å². The zero-order valence-corrected chi connectivity index (χ0v) is 15.5. The molecule has 2 fully saturated rings. The average Bonchev–Trinajstić information content (AvgIpc) is 3.11. The van der Waals surface area contributed by atoms with Crippen LogP contribution >= 0.6 is 11.6 Å². The lowest BCUT2D eigenvalue weighted by Crippen LogP contribution is -2.37. The molecular weight excluding hydrogens is 350 g/mol. The zero-order chi connectivity index (χ0) is 17.8. The van der Waals surface area contributed by atoms with Gasteiger partial charge in [0, 0.05) is 50.0 Å². The summed E-state index contributed by atoms with van der Waals surface area (Å²) in [6.45, 7) is 6.23. The highest BCUT2D eigenvalue weighted by atomic mass is 35.5. The second-order valence-corrected chi connectivity index (χ2v) is 7.27. The van der Waals surface area contributed by atoms with Gasteiger partial charge in [0.1, 0.15) is 5.82 Å². The van der Waals surface area contributed by atoms with E-state index in [9.17, 15) is 0 Å². The van der Waals surface area contributed by atoms with Crippen LogP contribution in [0.4, 0.5) is 11.8 Å². The van der Waals surface area contributed by atoms with Crippen molar-refractivity contribution in [2.45, 2.75) is 19.0 Å². The summed E-state index contributed by atoms with van der Waals surface area (Å²) in [5, 5.41) is 4.36. The number of nitrogens with one attached hydrogen (secondary N) is 1. The van der Waals surface area contributed by atoms with E-state index >= 15 is 0 Å². The molecule has 1 unspecified atom stereocenters. The topological polar surface area (TPSA) is 53.5 Å². The summed E-state index contributed by atoms with van der Waals surface area (Å²) < 4.78 is 5.40. The molecule has 138 valence electrons. The van der Waals surface area contributed by atoms with E-state index in [1.807, 2.05) is 24.4 Å². The number of hydrogen-bond acceptors (Lipinski definition) is 6. The van der Waals surface area contributed by atoms with Crippen LogP contribution in [0.2, 0.25) is 5.02 Å². The Bertz CT molecular complexity index is 720. The largest absolute Gasteiger partial charge is 0.378 e. The van der Waals surface area contributed by atoms with Gasteiger partial charge in [-0.2, -0.15) is 4.98 Å². The Labute approximate surface area is 159 Å². The number of hydrogen-bond donors (Lipinski definition) is 1. The number of benzene rings is 1. The second-order valence-electron chi connectivity index (χ2n) is 6.83. The van der Waals surface area contributed by atoms with Crippen LogP contribution in [-0.2, 0) is 11.3 Å². The van der Waals surface area contributed by atoms with Gasteiger partial charge in [-0.25, -0.2) is 4.98 Å². The number of halogens is 1. The quantitative estimate of drug-likeness (QED) is 0.869. The van der Waals surface area contributed by atoms with Crippen molar-refractivity contribution < 1.29 is 4.74 Å². The molecular formula is C19H24ClN5O. The third-order valence-electron chi connectivity index (χ3n) is 4.88. The molecule has 7 heteroatoms. The number of rotatable bonds is 5. The van der Waals surface area contributed by atoms with Crippen molar-refractivity contribution in [3.63, 3.8) is 0 Å². The summed E-state index contributed by atoms with van der Waals surface area (Å²) in [5.41, 5.74) is 1.30. The van der Waals surface area contributed by atoms with Crippen LogP contribution < -0.4 is 10.2 Å². The van der Waals surface area contributed by atoms with Crippen LogP contribution in [0.25, 0.3) is 0 Å². The van der Waals surface area contributed by atoms with Crippen LogP contribution in [-0.4, -0.2) is 60.3 Å². The van der Waals surface area contributed by atoms with Gasteiger partial charge in [-0.15, -0.1) is 0 Å². The van der Waals surface area contributed by atoms with E-state index in [-0.39, 0.29) is 0 Å². The van der Waals surface area contributed by atoms with Crippen LogP contribution in [0, 0.1) is 0 Å². The molecule has 2 aliphatic heterocycles. The highest BCUT2D eigenvalue weighted by molar-refractivity contribution is 6.30. The SMILES string of the molecule is Clc1ccc(CN2CCC(Nc3ccnc(N4CCOCC4)n3)C2)cc1. The van der Waals surface area contributed by atoms with Gasteiger partial charge in [0.2, 0.25) is 5.95 Å². The molecule has 26 heavy (non-hydrogen) atoms. The first-order valence-electron chi connectivity index (χ1n) is 9.15. The van der Waals surface area contributed by atoms with E-state index in [4.69, 9.17) is 21.3 Å². The first-order valence-corrected chi connectivity index (χ1v) is 9.53. The fourth-order valence-corrected chi connectivity index (χ4v) is 3.62. The van der Waals surface area contributed by atoms with Gasteiger partial charge >= 0.3 is 0 Å². The minimum atomic E-state index is 0.412. The van der Waals surface area contributed by atoms with Gasteiger partial charge < -0.3 is 15.0 Å². The molecule has 2 aliphatic rings. The summed E-state index contributed by atoms with van der Waals surface area (Å²) >= 11 is 5.96. The standard InChI is InChI=1S/C19H24ClN5O/c20-16-3-1-15(2-4-16)13-24-8-6-17(14-24)22-18-5-7-21-19(23-18)25-9-11-26-12-10-25/h1-5,7,17H,6,8-14H2,(H,21,22,23). The van der Waals surface area contributed by atoms with Crippen molar-refractivity contribution in [1.29, 1.82) is 0 Å². The highest BCUT2D eigenvalue weighted by Gasteiger charge is 2.23. The lowest BCUT2D eigenvalue weighted by Gasteiger charge is -2.27. The monoisotopic (exact) mass is 373 g/mol. The van der Waals surface area contributed by atoms with Gasteiger partial charge in [-0.1, -0.05) is 23.7 Å². The number of likely N-dealkylation sites (tertiary alicyclic amines) is 1. The predicted molar refractivity (Wildman–Crippen MR) is 104 cm³/mol. The summed E-state index contributed by atoms with van der Waals surface area (Å²) in [5.74, 6) is 1.69. The fraction of sp³-hybridized carbons (Fsp3) is 0.474. The maximum absolute atomic E-state index is 5.96. The molecule has 1 aromatic carbocycles. The van der Waals surface area contributed by atoms with Crippen molar-refractivity contribution in [1.82, 2.24) is 14.9 Å². The van der Waals surface area contributed by atoms with Crippen LogP contribution in [0.15, 0.2) is 36.5 Å². The Hall–Kier alpha value is -1.89. The first-order chi connectivity index (χ1) is 12.8. The summed E-state index contributed by atoms with van der Waals surface area (Å²) in [4.78, 5) is 13.7.